The lowest BCUT2D eigenvalue weighted by Gasteiger charge is -2.25. The van der Waals surface area contributed by atoms with E-state index in [1.807, 2.05) is 0 Å². The second kappa shape index (κ2) is 12.0. The van der Waals surface area contributed by atoms with Gasteiger partial charge >= 0.3 is 19.3 Å². The molecule has 2 aromatic rings. The van der Waals surface area contributed by atoms with Gasteiger partial charge in [-0.15, -0.1) is 0 Å². The molecule has 3 rings (SSSR count). The van der Waals surface area contributed by atoms with Crippen molar-refractivity contribution in [2.24, 2.45) is 5.92 Å². The zero-order valence-corrected chi connectivity index (χ0v) is 21.3. The summed E-state index contributed by atoms with van der Waals surface area (Å²) in [4.78, 5) is 38.0. The van der Waals surface area contributed by atoms with Crippen molar-refractivity contribution >= 4 is 13.6 Å². The number of rotatable bonds is 11. The molecular formula is C23H31N2O10P. The van der Waals surface area contributed by atoms with E-state index < -0.39 is 55.3 Å². The first-order chi connectivity index (χ1) is 17.0. The van der Waals surface area contributed by atoms with Gasteiger partial charge in [-0.1, -0.05) is 25.1 Å². The van der Waals surface area contributed by atoms with Crippen LogP contribution >= 0.6 is 7.60 Å². The summed E-state index contributed by atoms with van der Waals surface area (Å²) in [5.74, 6) is -1.08. The monoisotopic (exact) mass is 526 g/mol. The number of ether oxygens (including phenoxy) is 3. The maximum Gasteiger partial charge on any atom is 0.380 e. The molecule has 2 unspecified atom stereocenters. The third-order valence-electron chi connectivity index (χ3n) is 5.38. The minimum atomic E-state index is -3.95. The van der Waals surface area contributed by atoms with E-state index in [1.165, 1.54) is 13.3 Å². The molecule has 0 amide bonds. The summed E-state index contributed by atoms with van der Waals surface area (Å²) in [6, 6.07) is 9.46. The van der Waals surface area contributed by atoms with E-state index in [-0.39, 0.29) is 24.6 Å². The number of para-hydroxylation sites is 1. The van der Waals surface area contributed by atoms with Crippen LogP contribution in [0.3, 0.4) is 0 Å². The first kappa shape index (κ1) is 27.8. The number of esters is 1. The van der Waals surface area contributed by atoms with Crippen molar-refractivity contribution in [3.05, 3.63) is 63.4 Å². The van der Waals surface area contributed by atoms with Crippen LogP contribution in [0, 0.1) is 5.92 Å². The van der Waals surface area contributed by atoms with Crippen molar-refractivity contribution in [2.75, 3.05) is 19.9 Å². The maximum absolute atomic E-state index is 13.8. The van der Waals surface area contributed by atoms with Crippen molar-refractivity contribution in [2.45, 2.75) is 51.4 Å². The minimum Gasteiger partial charge on any atom is -0.463 e. The van der Waals surface area contributed by atoms with E-state index in [0.29, 0.717) is 0 Å². The molecule has 0 saturated carbocycles. The highest BCUT2D eigenvalue weighted by molar-refractivity contribution is 7.54. The molecule has 13 heteroatoms. The molecule has 0 spiro atoms. The number of hydrogen-bond acceptors (Lipinski definition) is 10. The van der Waals surface area contributed by atoms with Crippen LogP contribution in [-0.4, -0.2) is 64.9 Å². The van der Waals surface area contributed by atoms with Gasteiger partial charge in [-0.05, 0) is 26.0 Å². The number of carbonyl (C=O) groups is 1. The lowest BCUT2D eigenvalue weighted by molar-refractivity contribution is -0.151. The Morgan fingerprint density at radius 2 is 1.89 bits per heavy atom. The summed E-state index contributed by atoms with van der Waals surface area (Å²) in [5, 5.41) is 10.7. The number of H-pyrrole nitrogens is 1. The standard InChI is InChI=1S/C23H31N2O10P/c1-14(2)33-22(28)15(3)13-36(30,35-16-8-6-5-7-9-16)32-12-17-20(31-4)19(27)21(34-17)25-11-10-18(26)24-23(25)29/h5-11,14-15,17,19-21,27H,12-13H2,1-4H3,(H,24,26,29)/t15-,17-,19?,20+,21-,36?/m1/s1. The van der Waals surface area contributed by atoms with E-state index in [9.17, 15) is 24.1 Å². The highest BCUT2D eigenvalue weighted by atomic mass is 31.2. The summed E-state index contributed by atoms with van der Waals surface area (Å²) in [7, 11) is -2.61. The molecule has 1 aromatic carbocycles. The fraction of sp³-hybridized carbons (Fsp3) is 0.522. The largest absolute Gasteiger partial charge is 0.463 e. The fourth-order valence-corrected chi connectivity index (χ4v) is 5.58. The molecule has 1 aliphatic rings. The van der Waals surface area contributed by atoms with Gasteiger partial charge in [-0.3, -0.25) is 23.7 Å². The van der Waals surface area contributed by atoms with Crippen LogP contribution < -0.4 is 15.8 Å². The summed E-state index contributed by atoms with van der Waals surface area (Å²) in [6.45, 7) is 4.62. The molecule has 6 atom stereocenters. The number of methoxy groups -OCH3 is 1. The van der Waals surface area contributed by atoms with Gasteiger partial charge in [0.05, 0.1) is 24.8 Å². The SMILES string of the molecule is CO[C@@H]1C(O)[C@H](n2ccc(=O)[nH]c2=O)O[C@@H]1COP(=O)(C[C@@H](C)C(=O)OC(C)C)Oc1ccccc1. The number of aromatic amines is 1. The lowest BCUT2D eigenvalue weighted by Crippen LogP contribution is -2.38. The van der Waals surface area contributed by atoms with Crippen molar-refractivity contribution in [1.82, 2.24) is 9.55 Å². The van der Waals surface area contributed by atoms with E-state index in [2.05, 4.69) is 4.98 Å². The second-order valence-electron chi connectivity index (χ2n) is 8.65. The zero-order valence-electron chi connectivity index (χ0n) is 20.4. The Balaban J connectivity index is 1.79. The van der Waals surface area contributed by atoms with Crippen LogP contribution in [0.4, 0.5) is 0 Å². The second-order valence-corrected chi connectivity index (χ2v) is 10.7. The number of aliphatic hydroxyl groups excluding tert-OH is 1. The van der Waals surface area contributed by atoms with Gasteiger partial charge in [0, 0.05) is 19.4 Å². The topological polar surface area (TPSA) is 155 Å². The van der Waals surface area contributed by atoms with Crippen molar-refractivity contribution in [1.29, 1.82) is 0 Å². The summed E-state index contributed by atoms with van der Waals surface area (Å²) >= 11 is 0. The summed E-state index contributed by atoms with van der Waals surface area (Å²) in [5.41, 5.74) is -1.38. The number of nitrogens with one attached hydrogen (secondary N) is 1. The van der Waals surface area contributed by atoms with Gasteiger partial charge in [-0.2, -0.15) is 0 Å². The van der Waals surface area contributed by atoms with Crippen molar-refractivity contribution in [3.63, 3.8) is 0 Å². The first-order valence-electron chi connectivity index (χ1n) is 11.4. The number of nitrogens with zero attached hydrogens (tertiary/aromatic N) is 1. The molecule has 0 radical (unpaired) electrons. The minimum absolute atomic E-state index is 0.275. The molecule has 2 heterocycles. The highest BCUT2D eigenvalue weighted by Gasteiger charge is 2.47. The number of aliphatic hydroxyl groups is 1. The number of hydrogen-bond donors (Lipinski definition) is 2. The van der Waals surface area contributed by atoms with E-state index in [1.54, 1.807) is 51.1 Å². The van der Waals surface area contributed by atoms with Crippen LogP contribution in [-0.2, 0) is 28.1 Å². The van der Waals surface area contributed by atoms with Gasteiger partial charge in [0.15, 0.2) is 6.23 Å². The Morgan fingerprint density at radius 3 is 2.50 bits per heavy atom. The van der Waals surface area contributed by atoms with Crippen LogP contribution in [0.1, 0.15) is 27.0 Å². The van der Waals surface area contributed by atoms with Crippen molar-refractivity contribution < 1.29 is 37.7 Å². The zero-order chi connectivity index (χ0) is 26.5. The number of aromatic nitrogens is 2. The van der Waals surface area contributed by atoms with Crippen LogP contribution in [0.2, 0.25) is 0 Å². The number of carbonyl (C=O) groups excluding carboxylic acids is 1. The Labute approximate surface area is 207 Å². The molecule has 1 saturated heterocycles. The Bertz CT molecular complexity index is 1180. The average Bonchev–Trinajstić information content (AvgIpc) is 3.13. The Hall–Kier alpha value is -2.76. The molecular weight excluding hydrogens is 495 g/mol. The molecule has 2 N–H and O–H groups in total. The normalized spacial score (nSPS) is 24.3. The molecule has 1 aliphatic heterocycles. The quantitative estimate of drug-likeness (QED) is 0.326. The van der Waals surface area contributed by atoms with Gasteiger partial charge in [0.25, 0.3) is 5.56 Å². The molecule has 198 valence electrons. The fourth-order valence-electron chi connectivity index (χ4n) is 3.71. The molecule has 12 nitrogen and oxygen atoms in total. The maximum atomic E-state index is 13.8. The molecule has 1 aromatic heterocycles. The van der Waals surface area contributed by atoms with Crippen LogP contribution in [0.5, 0.6) is 5.75 Å². The van der Waals surface area contributed by atoms with Gasteiger partial charge in [-0.25, -0.2) is 9.36 Å². The van der Waals surface area contributed by atoms with Crippen molar-refractivity contribution in [3.8, 4) is 5.75 Å². The Morgan fingerprint density at radius 1 is 1.19 bits per heavy atom. The summed E-state index contributed by atoms with van der Waals surface area (Å²) < 4.78 is 42.6. The highest BCUT2D eigenvalue weighted by Crippen LogP contribution is 2.50. The molecule has 36 heavy (non-hydrogen) atoms. The van der Waals surface area contributed by atoms with Crippen LogP contribution in [0.25, 0.3) is 0 Å². The predicted molar refractivity (Wildman–Crippen MR) is 128 cm³/mol. The third-order valence-corrected chi connectivity index (χ3v) is 7.41. The first-order valence-corrected chi connectivity index (χ1v) is 13.1. The van der Waals surface area contributed by atoms with Gasteiger partial charge in [0.1, 0.15) is 24.1 Å². The van der Waals surface area contributed by atoms with Gasteiger partial charge in [0.2, 0.25) is 0 Å². The molecule has 1 fully saturated rings. The lowest BCUT2D eigenvalue weighted by atomic mass is 10.1. The predicted octanol–water partition coefficient (Wildman–Crippen LogP) is 1.69. The smallest absolute Gasteiger partial charge is 0.380 e. The molecule has 0 aliphatic carbocycles. The van der Waals surface area contributed by atoms with Gasteiger partial charge < -0.3 is 23.8 Å². The number of benzene rings is 1. The average molecular weight is 526 g/mol. The van der Waals surface area contributed by atoms with E-state index >= 15 is 0 Å². The van der Waals surface area contributed by atoms with E-state index in [4.69, 9.17) is 23.3 Å². The Kier molecular flexibility index (Phi) is 9.26. The molecule has 0 bridgehead atoms. The van der Waals surface area contributed by atoms with Crippen LogP contribution in [0.15, 0.2) is 52.2 Å². The third kappa shape index (κ3) is 6.92. The van der Waals surface area contributed by atoms with E-state index in [0.717, 1.165) is 10.6 Å². The summed E-state index contributed by atoms with van der Waals surface area (Å²) in [6.07, 6.45) is -3.84.